The van der Waals surface area contributed by atoms with Crippen LogP contribution in [-0.2, 0) is 0 Å². The highest BCUT2D eigenvalue weighted by Crippen LogP contribution is 2.25. The largest absolute Gasteiger partial charge is 0.316 e. The van der Waals surface area contributed by atoms with E-state index in [9.17, 15) is 0 Å². The molecule has 1 rings (SSSR count). The summed E-state index contributed by atoms with van der Waals surface area (Å²) in [5.41, 5.74) is 0.420. The first-order valence-corrected chi connectivity index (χ1v) is 9.03. The lowest BCUT2D eigenvalue weighted by molar-refractivity contribution is 0.0715. The van der Waals surface area contributed by atoms with Gasteiger partial charge in [-0.1, -0.05) is 34.1 Å². The van der Waals surface area contributed by atoms with Crippen molar-refractivity contribution in [3.05, 3.63) is 0 Å². The molecule has 1 aliphatic rings. The predicted octanol–water partition coefficient (Wildman–Crippen LogP) is 3.06. The Morgan fingerprint density at radius 2 is 1.67 bits per heavy atom. The third kappa shape index (κ3) is 7.12. The van der Waals surface area contributed by atoms with E-state index in [0.717, 1.165) is 19.0 Å². The third-order valence-corrected chi connectivity index (χ3v) is 4.70. The Kier molecular flexibility index (Phi) is 8.22. The molecular weight excluding hydrogens is 258 g/mol. The maximum absolute atomic E-state index is 3.69. The summed E-state index contributed by atoms with van der Waals surface area (Å²) in [7, 11) is 0. The first-order chi connectivity index (χ1) is 9.86. The molecule has 0 amide bonds. The first-order valence-electron chi connectivity index (χ1n) is 9.03. The quantitative estimate of drug-likeness (QED) is 0.705. The molecule has 0 aromatic carbocycles. The molecule has 1 fully saturated rings. The molecule has 1 unspecified atom stereocenters. The molecule has 1 aliphatic heterocycles. The average molecular weight is 298 g/mol. The molecule has 1 heterocycles. The molecule has 0 aromatic rings. The van der Waals surface area contributed by atoms with Crippen molar-refractivity contribution in [2.75, 3.05) is 45.8 Å². The first kappa shape index (κ1) is 18.9. The summed E-state index contributed by atoms with van der Waals surface area (Å²) < 4.78 is 0. The van der Waals surface area contributed by atoms with Crippen molar-refractivity contribution in [2.24, 2.45) is 11.3 Å². The van der Waals surface area contributed by atoms with Crippen LogP contribution in [0.3, 0.4) is 0 Å². The van der Waals surface area contributed by atoms with Gasteiger partial charge in [-0.25, -0.2) is 0 Å². The minimum absolute atomic E-state index is 0.420. The van der Waals surface area contributed by atoms with E-state index in [1.54, 1.807) is 0 Å². The second-order valence-electron chi connectivity index (χ2n) is 7.99. The molecule has 0 spiro atoms. The topological polar surface area (TPSA) is 18.5 Å². The van der Waals surface area contributed by atoms with E-state index in [1.165, 1.54) is 45.6 Å². The summed E-state index contributed by atoms with van der Waals surface area (Å²) in [5.74, 6) is 0.741. The average Bonchev–Trinajstić information content (AvgIpc) is 2.38. The fraction of sp³-hybridized carbons (Fsp3) is 1.00. The fourth-order valence-electron chi connectivity index (χ4n) is 3.47. The van der Waals surface area contributed by atoms with Gasteiger partial charge in [0.15, 0.2) is 0 Å². The van der Waals surface area contributed by atoms with Crippen LogP contribution in [0, 0.1) is 11.3 Å². The Morgan fingerprint density at radius 3 is 2.14 bits per heavy atom. The molecule has 126 valence electrons. The Bertz CT molecular complexity index is 270. The van der Waals surface area contributed by atoms with Crippen molar-refractivity contribution in [3.63, 3.8) is 0 Å². The number of rotatable bonds is 9. The molecule has 0 saturated carbocycles. The minimum atomic E-state index is 0.420. The van der Waals surface area contributed by atoms with Gasteiger partial charge in [-0.15, -0.1) is 0 Å². The van der Waals surface area contributed by atoms with E-state index in [1.807, 2.05) is 0 Å². The summed E-state index contributed by atoms with van der Waals surface area (Å²) >= 11 is 0. The molecule has 3 nitrogen and oxygen atoms in total. The van der Waals surface area contributed by atoms with E-state index in [0.29, 0.717) is 11.5 Å². The molecule has 0 bridgehead atoms. The van der Waals surface area contributed by atoms with Crippen molar-refractivity contribution in [1.82, 2.24) is 15.1 Å². The van der Waals surface area contributed by atoms with Gasteiger partial charge in [0, 0.05) is 45.3 Å². The van der Waals surface area contributed by atoms with Crippen LogP contribution in [0.1, 0.15) is 54.4 Å². The normalized spacial score (nSPS) is 21.1. The number of piperazine rings is 1. The molecule has 1 saturated heterocycles. The van der Waals surface area contributed by atoms with Crippen molar-refractivity contribution in [1.29, 1.82) is 0 Å². The number of nitrogens with one attached hydrogen (secondary N) is 1. The van der Waals surface area contributed by atoms with Crippen molar-refractivity contribution in [3.8, 4) is 0 Å². The maximum atomic E-state index is 3.69. The Balaban J connectivity index is 2.42. The molecule has 3 heteroatoms. The van der Waals surface area contributed by atoms with Crippen LogP contribution in [0.25, 0.3) is 0 Å². The van der Waals surface area contributed by atoms with E-state index < -0.39 is 0 Å². The monoisotopic (exact) mass is 297 g/mol. The molecule has 21 heavy (non-hydrogen) atoms. The SMILES string of the molecule is CCCC(C)(CNCC(C)C)CN1CCN(C(C)C)CC1. The van der Waals surface area contributed by atoms with Crippen molar-refractivity contribution < 1.29 is 0 Å². The van der Waals surface area contributed by atoms with Gasteiger partial charge < -0.3 is 10.2 Å². The number of hydrogen-bond donors (Lipinski definition) is 1. The maximum Gasteiger partial charge on any atom is 0.0113 e. The standard InChI is InChI=1S/C18H39N3/c1-7-8-18(6,14-19-13-16(2)3)15-20-9-11-21(12-10-20)17(4)5/h16-17,19H,7-15H2,1-6H3. The van der Waals surface area contributed by atoms with Crippen molar-refractivity contribution in [2.45, 2.75) is 60.4 Å². The Morgan fingerprint density at radius 1 is 1.05 bits per heavy atom. The summed E-state index contributed by atoms with van der Waals surface area (Å²) in [6.45, 7) is 22.5. The van der Waals surface area contributed by atoms with Gasteiger partial charge >= 0.3 is 0 Å². The highest BCUT2D eigenvalue weighted by molar-refractivity contribution is 4.84. The third-order valence-electron chi connectivity index (χ3n) is 4.70. The lowest BCUT2D eigenvalue weighted by atomic mass is 9.84. The van der Waals surface area contributed by atoms with Crippen LogP contribution in [0.4, 0.5) is 0 Å². The highest BCUT2D eigenvalue weighted by Gasteiger charge is 2.28. The highest BCUT2D eigenvalue weighted by atomic mass is 15.3. The summed E-state index contributed by atoms with van der Waals surface area (Å²) in [4.78, 5) is 5.29. The molecule has 1 N–H and O–H groups in total. The van der Waals surface area contributed by atoms with E-state index >= 15 is 0 Å². The number of nitrogens with zero attached hydrogens (tertiary/aromatic N) is 2. The minimum Gasteiger partial charge on any atom is -0.316 e. The lowest BCUT2D eigenvalue weighted by Gasteiger charge is -2.41. The van der Waals surface area contributed by atoms with Crippen LogP contribution in [-0.4, -0.2) is 61.7 Å². The van der Waals surface area contributed by atoms with Gasteiger partial charge in [-0.3, -0.25) is 4.90 Å². The van der Waals surface area contributed by atoms with Gasteiger partial charge in [0.1, 0.15) is 0 Å². The van der Waals surface area contributed by atoms with E-state index in [-0.39, 0.29) is 0 Å². The molecule has 0 aromatic heterocycles. The van der Waals surface area contributed by atoms with E-state index in [2.05, 4.69) is 56.7 Å². The van der Waals surface area contributed by atoms with Gasteiger partial charge in [-0.2, -0.15) is 0 Å². The molecular formula is C18H39N3. The predicted molar refractivity (Wildman–Crippen MR) is 93.9 cm³/mol. The van der Waals surface area contributed by atoms with Gasteiger partial charge in [0.25, 0.3) is 0 Å². The van der Waals surface area contributed by atoms with Crippen LogP contribution in [0.2, 0.25) is 0 Å². The zero-order valence-corrected chi connectivity index (χ0v) is 15.4. The Hall–Kier alpha value is -0.120. The lowest BCUT2D eigenvalue weighted by Crippen LogP contribution is -2.52. The zero-order valence-electron chi connectivity index (χ0n) is 15.4. The second kappa shape index (κ2) is 9.12. The van der Waals surface area contributed by atoms with Gasteiger partial charge in [0.2, 0.25) is 0 Å². The van der Waals surface area contributed by atoms with E-state index in [4.69, 9.17) is 0 Å². The van der Waals surface area contributed by atoms with Crippen molar-refractivity contribution >= 4 is 0 Å². The van der Waals surface area contributed by atoms with Crippen LogP contribution in [0.5, 0.6) is 0 Å². The molecule has 0 radical (unpaired) electrons. The smallest absolute Gasteiger partial charge is 0.0113 e. The van der Waals surface area contributed by atoms with Gasteiger partial charge in [-0.05, 0) is 38.1 Å². The zero-order chi connectivity index (χ0) is 15.9. The van der Waals surface area contributed by atoms with Crippen LogP contribution < -0.4 is 5.32 Å². The van der Waals surface area contributed by atoms with Crippen LogP contribution >= 0.6 is 0 Å². The summed E-state index contributed by atoms with van der Waals surface area (Å²) in [6, 6.07) is 0.696. The summed E-state index contributed by atoms with van der Waals surface area (Å²) in [5, 5.41) is 3.69. The van der Waals surface area contributed by atoms with Gasteiger partial charge in [0.05, 0.1) is 0 Å². The molecule has 0 aliphatic carbocycles. The number of hydrogen-bond acceptors (Lipinski definition) is 3. The molecule has 1 atom stereocenters. The summed E-state index contributed by atoms with van der Waals surface area (Å²) in [6.07, 6.45) is 2.61. The van der Waals surface area contributed by atoms with Crippen LogP contribution in [0.15, 0.2) is 0 Å². The second-order valence-corrected chi connectivity index (χ2v) is 7.99. The fourth-order valence-corrected chi connectivity index (χ4v) is 3.47. The Labute approximate surface area is 133 Å².